The van der Waals surface area contributed by atoms with Crippen LogP contribution in [0.15, 0.2) is 29.5 Å². The van der Waals surface area contributed by atoms with E-state index in [0.717, 1.165) is 5.84 Å². The van der Waals surface area contributed by atoms with Crippen molar-refractivity contribution in [2.75, 3.05) is 0 Å². The van der Waals surface area contributed by atoms with Gasteiger partial charge in [-0.05, 0) is 19.1 Å². The fourth-order valence-electron chi connectivity index (χ4n) is 0.466. The molecule has 0 aromatic rings. The lowest BCUT2D eigenvalue weighted by Gasteiger charge is -1.91. The van der Waals surface area contributed by atoms with Crippen molar-refractivity contribution in [2.45, 2.75) is 6.92 Å². The van der Waals surface area contributed by atoms with Crippen LogP contribution in [0.2, 0.25) is 0 Å². The van der Waals surface area contributed by atoms with Gasteiger partial charge < -0.3 is 5.32 Å². The molecule has 1 N–H and O–H groups in total. The van der Waals surface area contributed by atoms with Crippen LogP contribution in [0.4, 0.5) is 0 Å². The van der Waals surface area contributed by atoms with Crippen molar-refractivity contribution in [3.05, 3.63) is 24.6 Å². The lowest BCUT2D eigenvalue weighted by atomic mass is 10.6. The normalized spacial score (nSPS) is 16.9. The molecule has 42 valence electrons. The highest BCUT2D eigenvalue weighted by Gasteiger charge is 1.81. The van der Waals surface area contributed by atoms with Crippen molar-refractivity contribution >= 4 is 5.84 Å². The van der Waals surface area contributed by atoms with Gasteiger partial charge in [0, 0.05) is 12.4 Å². The fourth-order valence-corrected chi connectivity index (χ4v) is 0.466. The van der Waals surface area contributed by atoms with Gasteiger partial charge in [0.25, 0.3) is 0 Å². The highest BCUT2D eigenvalue weighted by Crippen LogP contribution is 1.83. The molecule has 0 saturated carbocycles. The second-order valence-electron chi connectivity index (χ2n) is 1.56. The van der Waals surface area contributed by atoms with E-state index in [0.29, 0.717) is 0 Å². The standard InChI is InChI=1S/C6H8N2/c1-6-7-4-2-3-5-8-6/h2-5H,1H3,(H,7,8). The van der Waals surface area contributed by atoms with Gasteiger partial charge in [0.2, 0.25) is 0 Å². The Labute approximate surface area is 48.6 Å². The third-order valence-electron chi connectivity index (χ3n) is 0.854. The molecule has 1 aliphatic heterocycles. The zero-order valence-electron chi connectivity index (χ0n) is 4.76. The molecule has 2 nitrogen and oxygen atoms in total. The number of aliphatic imine (C=N–C) groups is 1. The summed E-state index contributed by atoms with van der Waals surface area (Å²) in [7, 11) is 0. The third-order valence-corrected chi connectivity index (χ3v) is 0.854. The van der Waals surface area contributed by atoms with E-state index in [4.69, 9.17) is 0 Å². The molecule has 0 aromatic heterocycles. The number of hydrogen-bond donors (Lipinski definition) is 1. The van der Waals surface area contributed by atoms with Gasteiger partial charge >= 0.3 is 0 Å². The molecule has 0 spiro atoms. The van der Waals surface area contributed by atoms with E-state index in [1.807, 2.05) is 25.3 Å². The number of allylic oxidation sites excluding steroid dienone is 2. The Bertz CT molecular complexity index is 154. The molecule has 0 unspecified atom stereocenters. The summed E-state index contributed by atoms with van der Waals surface area (Å²) in [5.41, 5.74) is 0. The second-order valence-corrected chi connectivity index (χ2v) is 1.56. The molecule has 0 atom stereocenters. The zero-order valence-corrected chi connectivity index (χ0v) is 4.76. The highest BCUT2D eigenvalue weighted by molar-refractivity contribution is 5.81. The predicted octanol–water partition coefficient (Wildman–Crippen LogP) is 1.04. The summed E-state index contributed by atoms with van der Waals surface area (Å²) in [5, 5.41) is 2.95. The maximum absolute atomic E-state index is 3.99. The SMILES string of the molecule is CC1=NC=CC=CN1. The molecular formula is C6H8N2. The predicted molar refractivity (Wildman–Crippen MR) is 34.5 cm³/mol. The van der Waals surface area contributed by atoms with Gasteiger partial charge in [0.05, 0.1) is 0 Å². The smallest absolute Gasteiger partial charge is 0.102 e. The van der Waals surface area contributed by atoms with Crippen molar-refractivity contribution in [1.29, 1.82) is 0 Å². The van der Waals surface area contributed by atoms with Gasteiger partial charge in [-0.3, -0.25) is 0 Å². The van der Waals surface area contributed by atoms with Crippen LogP contribution in [-0.4, -0.2) is 5.84 Å². The molecule has 2 heteroatoms. The quantitative estimate of drug-likeness (QED) is 0.492. The topological polar surface area (TPSA) is 24.4 Å². The van der Waals surface area contributed by atoms with Gasteiger partial charge in [0.15, 0.2) is 0 Å². The molecule has 1 aliphatic rings. The van der Waals surface area contributed by atoms with Crippen LogP contribution in [0.5, 0.6) is 0 Å². The fraction of sp³-hybridized carbons (Fsp3) is 0.167. The minimum Gasteiger partial charge on any atom is -0.350 e. The molecule has 0 aromatic carbocycles. The summed E-state index contributed by atoms with van der Waals surface area (Å²) < 4.78 is 0. The average molecular weight is 108 g/mol. The summed E-state index contributed by atoms with van der Waals surface area (Å²) in [5.74, 6) is 0.926. The highest BCUT2D eigenvalue weighted by atomic mass is 15.0. The first-order valence-corrected chi connectivity index (χ1v) is 2.52. The van der Waals surface area contributed by atoms with Crippen molar-refractivity contribution < 1.29 is 0 Å². The third kappa shape index (κ3) is 1.22. The minimum absolute atomic E-state index is 0.926. The molecular weight excluding hydrogens is 100 g/mol. The van der Waals surface area contributed by atoms with Crippen molar-refractivity contribution in [2.24, 2.45) is 4.99 Å². The monoisotopic (exact) mass is 108 g/mol. The molecule has 8 heavy (non-hydrogen) atoms. The molecule has 0 amide bonds. The van der Waals surface area contributed by atoms with Gasteiger partial charge in [0.1, 0.15) is 5.84 Å². The molecule has 0 aliphatic carbocycles. The Morgan fingerprint density at radius 1 is 1.50 bits per heavy atom. The first kappa shape index (κ1) is 5.09. The Morgan fingerprint density at radius 2 is 2.38 bits per heavy atom. The maximum Gasteiger partial charge on any atom is 0.102 e. The summed E-state index contributed by atoms with van der Waals surface area (Å²) in [6, 6.07) is 0. The van der Waals surface area contributed by atoms with Crippen molar-refractivity contribution in [3.63, 3.8) is 0 Å². The lowest BCUT2D eigenvalue weighted by Crippen LogP contribution is -2.10. The van der Waals surface area contributed by atoms with Gasteiger partial charge in [-0.1, -0.05) is 0 Å². The summed E-state index contributed by atoms with van der Waals surface area (Å²) in [6.07, 6.45) is 7.39. The van der Waals surface area contributed by atoms with Gasteiger partial charge in [-0.15, -0.1) is 0 Å². The van der Waals surface area contributed by atoms with Gasteiger partial charge in [-0.25, -0.2) is 4.99 Å². The number of nitrogens with zero attached hydrogens (tertiary/aromatic N) is 1. The Kier molecular flexibility index (Phi) is 1.47. The number of hydrogen-bond acceptors (Lipinski definition) is 2. The van der Waals surface area contributed by atoms with E-state index in [2.05, 4.69) is 10.3 Å². The molecule has 0 fully saturated rings. The number of rotatable bonds is 0. The Hall–Kier alpha value is -1.05. The van der Waals surface area contributed by atoms with Crippen molar-refractivity contribution in [3.8, 4) is 0 Å². The van der Waals surface area contributed by atoms with E-state index >= 15 is 0 Å². The summed E-state index contributed by atoms with van der Waals surface area (Å²) >= 11 is 0. The van der Waals surface area contributed by atoms with Crippen LogP contribution in [0.25, 0.3) is 0 Å². The van der Waals surface area contributed by atoms with Crippen LogP contribution >= 0.6 is 0 Å². The zero-order chi connectivity index (χ0) is 5.82. The lowest BCUT2D eigenvalue weighted by molar-refractivity contribution is 1.25. The molecule has 0 radical (unpaired) electrons. The summed E-state index contributed by atoms with van der Waals surface area (Å²) in [6.45, 7) is 1.92. The van der Waals surface area contributed by atoms with E-state index < -0.39 is 0 Å². The van der Waals surface area contributed by atoms with E-state index in [1.54, 1.807) is 6.20 Å². The van der Waals surface area contributed by atoms with Crippen LogP contribution in [0, 0.1) is 0 Å². The average Bonchev–Trinajstić information content (AvgIpc) is 1.94. The van der Waals surface area contributed by atoms with Gasteiger partial charge in [-0.2, -0.15) is 0 Å². The van der Waals surface area contributed by atoms with Crippen LogP contribution in [0.1, 0.15) is 6.92 Å². The van der Waals surface area contributed by atoms with Crippen LogP contribution in [-0.2, 0) is 0 Å². The first-order chi connectivity index (χ1) is 3.89. The first-order valence-electron chi connectivity index (χ1n) is 2.52. The molecule has 0 saturated heterocycles. The Morgan fingerprint density at radius 3 is 3.25 bits per heavy atom. The van der Waals surface area contributed by atoms with E-state index in [-0.39, 0.29) is 0 Å². The van der Waals surface area contributed by atoms with Crippen LogP contribution < -0.4 is 5.32 Å². The summed E-state index contributed by atoms with van der Waals surface area (Å²) in [4.78, 5) is 3.99. The van der Waals surface area contributed by atoms with E-state index in [1.165, 1.54) is 0 Å². The largest absolute Gasteiger partial charge is 0.350 e. The minimum atomic E-state index is 0.926. The van der Waals surface area contributed by atoms with Crippen LogP contribution in [0.3, 0.4) is 0 Å². The molecule has 0 bridgehead atoms. The molecule has 1 rings (SSSR count). The Balaban J connectivity index is 2.69. The number of amidine groups is 1. The molecule has 1 heterocycles. The maximum atomic E-state index is 3.99. The van der Waals surface area contributed by atoms with E-state index in [9.17, 15) is 0 Å². The van der Waals surface area contributed by atoms with Crippen molar-refractivity contribution in [1.82, 2.24) is 5.32 Å². The number of nitrogens with one attached hydrogen (secondary N) is 1. The second kappa shape index (κ2) is 2.31.